The molecule has 2 saturated carbocycles. The second-order valence-corrected chi connectivity index (χ2v) is 12.2. The summed E-state index contributed by atoms with van der Waals surface area (Å²) in [5.41, 5.74) is 9.05. The maximum absolute atomic E-state index is 3.72. The molecule has 7 rings (SSSR count). The van der Waals surface area contributed by atoms with Crippen molar-refractivity contribution in [1.29, 1.82) is 0 Å². The van der Waals surface area contributed by atoms with Gasteiger partial charge in [-0.15, -0.1) is 0 Å². The van der Waals surface area contributed by atoms with Crippen LogP contribution in [0.15, 0.2) is 115 Å². The number of para-hydroxylation sites is 1. The van der Waals surface area contributed by atoms with Gasteiger partial charge in [-0.3, -0.25) is 0 Å². The molecule has 2 aliphatic carbocycles. The van der Waals surface area contributed by atoms with E-state index in [1.807, 2.05) is 0 Å². The van der Waals surface area contributed by atoms with Crippen LogP contribution in [-0.2, 0) is 5.41 Å². The minimum atomic E-state index is 0.266. The van der Waals surface area contributed by atoms with Crippen molar-refractivity contribution in [3.63, 3.8) is 0 Å². The van der Waals surface area contributed by atoms with Crippen LogP contribution < -0.4 is 5.32 Å². The Kier molecular flexibility index (Phi) is 6.24. The van der Waals surface area contributed by atoms with Crippen LogP contribution in [0.1, 0.15) is 51.0 Å². The first kappa shape index (κ1) is 24.2. The molecule has 2 fully saturated rings. The van der Waals surface area contributed by atoms with E-state index in [4.69, 9.17) is 0 Å². The van der Waals surface area contributed by atoms with E-state index >= 15 is 0 Å². The van der Waals surface area contributed by atoms with Crippen molar-refractivity contribution >= 4 is 22.1 Å². The fourth-order valence-electron chi connectivity index (χ4n) is 7.59. The maximum Gasteiger partial charge on any atom is 0.0463 e. The first-order valence-electron chi connectivity index (χ1n) is 14.7. The van der Waals surface area contributed by atoms with E-state index in [1.54, 1.807) is 5.56 Å². The summed E-state index contributed by atoms with van der Waals surface area (Å²) in [5, 5.41) is 6.52. The summed E-state index contributed by atoms with van der Waals surface area (Å²) in [7, 11) is 0. The monoisotopic (exact) mass is 507 g/mol. The molecule has 0 aromatic heterocycles. The van der Waals surface area contributed by atoms with Gasteiger partial charge in [0.15, 0.2) is 0 Å². The molecular weight excluding hydrogens is 470 g/mol. The van der Waals surface area contributed by atoms with Gasteiger partial charge in [0.05, 0.1) is 0 Å². The number of nitrogens with one attached hydrogen (secondary N) is 1. The van der Waals surface area contributed by atoms with Crippen LogP contribution in [0.5, 0.6) is 0 Å². The summed E-state index contributed by atoms with van der Waals surface area (Å²) in [6, 6.07) is 42.0. The Balaban J connectivity index is 1.25. The number of hydrogen-bond donors (Lipinski definition) is 1. The maximum atomic E-state index is 3.72. The Bertz CT molecular complexity index is 1620. The molecule has 39 heavy (non-hydrogen) atoms. The minimum absolute atomic E-state index is 0.266. The van der Waals surface area contributed by atoms with Gasteiger partial charge in [-0.05, 0) is 94.2 Å². The highest BCUT2D eigenvalue weighted by Crippen LogP contribution is 2.50. The summed E-state index contributed by atoms with van der Waals surface area (Å²) in [6.07, 6.45) is 8.40. The SMILES string of the molecule is CC1(c2ccc(-c3cccc(Nc4ccccc4-c4ccccc4)c3)c3ccccc23)CC[C@H]2CC[C@H](C2)C1. The van der Waals surface area contributed by atoms with Crippen LogP contribution in [0.4, 0.5) is 11.4 Å². The third kappa shape index (κ3) is 4.65. The molecule has 2 aliphatic rings. The second kappa shape index (κ2) is 10.0. The average Bonchev–Trinajstić information content (AvgIpc) is 3.35. The lowest BCUT2D eigenvalue weighted by molar-refractivity contribution is 0.328. The van der Waals surface area contributed by atoms with Crippen LogP contribution in [0.2, 0.25) is 0 Å². The molecule has 1 N–H and O–H groups in total. The van der Waals surface area contributed by atoms with Crippen molar-refractivity contribution in [1.82, 2.24) is 0 Å². The zero-order chi connectivity index (χ0) is 26.2. The van der Waals surface area contributed by atoms with Gasteiger partial charge >= 0.3 is 0 Å². The standard InChI is InChI=1S/C38H37N/c1-38(23-22-27-18-19-28(24-27)26-38)36-21-20-32(34-15-5-6-16-35(34)36)30-12-9-13-31(25-30)39-37-17-8-7-14-33(37)29-10-3-2-4-11-29/h2-17,20-21,25,27-28,39H,18-19,22-24,26H2,1H3/t27-,28-,38?/m1/s1. The molecule has 1 unspecified atom stereocenters. The van der Waals surface area contributed by atoms with E-state index in [0.29, 0.717) is 0 Å². The van der Waals surface area contributed by atoms with E-state index in [-0.39, 0.29) is 5.41 Å². The molecular formula is C38H37N. The third-order valence-corrected chi connectivity index (χ3v) is 9.53. The van der Waals surface area contributed by atoms with E-state index in [0.717, 1.165) is 23.2 Å². The molecule has 0 saturated heterocycles. The predicted molar refractivity (Wildman–Crippen MR) is 167 cm³/mol. The van der Waals surface area contributed by atoms with Crippen LogP contribution in [0.25, 0.3) is 33.0 Å². The molecule has 0 spiro atoms. The van der Waals surface area contributed by atoms with Gasteiger partial charge in [0.2, 0.25) is 0 Å². The van der Waals surface area contributed by atoms with Crippen molar-refractivity contribution in [2.24, 2.45) is 11.8 Å². The molecule has 2 bridgehead atoms. The first-order valence-corrected chi connectivity index (χ1v) is 14.7. The number of anilines is 2. The second-order valence-electron chi connectivity index (χ2n) is 12.2. The number of hydrogen-bond acceptors (Lipinski definition) is 1. The predicted octanol–water partition coefficient (Wildman–Crippen LogP) is 10.8. The van der Waals surface area contributed by atoms with Crippen LogP contribution in [0, 0.1) is 11.8 Å². The summed E-state index contributed by atoms with van der Waals surface area (Å²) in [5.74, 6) is 1.87. The lowest BCUT2D eigenvalue weighted by Crippen LogP contribution is -2.25. The highest BCUT2D eigenvalue weighted by molar-refractivity contribution is 5.99. The van der Waals surface area contributed by atoms with Crippen molar-refractivity contribution < 1.29 is 0 Å². The normalized spacial score (nSPS) is 22.5. The Hall–Kier alpha value is -3.84. The summed E-state index contributed by atoms with van der Waals surface area (Å²) in [4.78, 5) is 0. The van der Waals surface area contributed by atoms with Gasteiger partial charge in [0.1, 0.15) is 0 Å². The number of benzene rings is 5. The molecule has 194 valence electrons. The quantitative estimate of drug-likeness (QED) is 0.249. The van der Waals surface area contributed by atoms with Gasteiger partial charge < -0.3 is 5.32 Å². The summed E-state index contributed by atoms with van der Waals surface area (Å²) in [6.45, 7) is 2.55. The van der Waals surface area contributed by atoms with E-state index in [2.05, 4.69) is 128 Å². The van der Waals surface area contributed by atoms with Gasteiger partial charge in [-0.25, -0.2) is 0 Å². The number of rotatable bonds is 5. The number of fused-ring (bicyclic) bond motifs is 3. The van der Waals surface area contributed by atoms with Crippen molar-refractivity contribution in [3.8, 4) is 22.3 Å². The molecule has 0 radical (unpaired) electrons. The Labute approximate surface area is 232 Å². The molecule has 0 amide bonds. The average molecular weight is 508 g/mol. The van der Waals surface area contributed by atoms with Gasteiger partial charge in [-0.2, -0.15) is 0 Å². The lowest BCUT2D eigenvalue weighted by Gasteiger charge is -2.34. The molecule has 5 aromatic carbocycles. The third-order valence-electron chi connectivity index (χ3n) is 9.53. The van der Waals surface area contributed by atoms with E-state index in [1.165, 1.54) is 71.6 Å². The summed E-state index contributed by atoms with van der Waals surface area (Å²) >= 11 is 0. The van der Waals surface area contributed by atoms with Crippen molar-refractivity contribution in [2.75, 3.05) is 5.32 Å². The lowest BCUT2D eigenvalue weighted by atomic mass is 9.70. The topological polar surface area (TPSA) is 12.0 Å². The highest BCUT2D eigenvalue weighted by Gasteiger charge is 2.39. The summed E-state index contributed by atoms with van der Waals surface area (Å²) < 4.78 is 0. The van der Waals surface area contributed by atoms with Crippen LogP contribution in [0.3, 0.4) is 0 Å². The van der Waals surface area contributed by atoms with Gasteiger partial charge in [0.25, 0.3) is 0 Å². The largest absolute Gasteiger partial charge is 0.355 e. The minimum Gasteiger partial charge on any atom is -0.355 e. The van der Waals surface area contributed by atoms with Crippen molar-refractivity contribution in [3.05, 3.63) is 121 Å². The van der Waals surface area contributed by atoms with E-state index < -0.39 is 0 Å². The zero-order valence-corrected chi connectivity index (χ0v) is 22.9. The molecule has 5 aromatic rings. The molecule has 0 heterocycles. The highest BCUT2D eigenvalue weighted by atomic mass is 14.9. The van der Waals surface area contributed by atoms with Crippen LogP contribution >= 0.6 is 0 Å². The fourth-order valence-corrected chi connectivity index (χ4v) is 7.59. The van der Waals surface area contributed by atoms with E-state index in [9.17, 15) is 0 Å². The smallest absolute Gasteiger partial charge is 0.0463 e. The van der Waals surface area contributed by atoms with Crippen LogP contribution in [-0.4, -0.2) is 0 Å². The molecule has 0 aliphatic heterocycles. The first-order chi connectivity index (χ1) is 19.2. The fraction of sp³-hybridized carbons (Fsp3) is 0.263. The van der Waals surface area contributed by atoms with Crippen molar-refractivity contribution in [2.45, 2.75) is 50.9 Å². The Morgan fingerprint density at radius 3 is 2.26 bits per heavy atom. The zero-order valence-electron chi connectivity index (χ0n) is 22.9. The molecule has 3 atom stereocenters. The molecule has 1 heteroatoms. The van der Waals surface area contributed by atoms with Gasteiger partial charge in [0, 0.05) is 16.9 Å². The van der Waals surface area contributed by atoms with Gasteiger partial charge in [-0.1, -0.05) is 117 Å². The Morgan fingerprint density at radius 2 is 1.36 bits per heavy atom. The molecule has 1 nitrogen and oxygen atoms in total. The Morgan fingerprint density at radius 1 is 0.615 bits per heavy atom.